The lowest BCUT2D eigenvalue weighted by molar-refractivity contribution is -0.891. The molecule has 0 radical (unpaired) electrons. The smallest absolute Gasteiger partial charge is 0.102 e. The molecule has 0 aromatic rings. The van der Waals surface area contributed by atoms with Gasteiger partial charge in [-0.3, -0.25) is 0 Å². The summed E-state index contributed by atoms with van der Waals surface area (Å²) in [7, 11) is 4.68. The molecular weight excluding hydrogens is 358 g/mol. The molecule has 0 heterocycles. The van der Waals surface area contributed by atoms with Crippen molar-refractivity contribution >= 4 is 0 Å². The minimum atomic E-state index is 0.377. The van der Waals surface area contributed by atoms with Crippen LogP contribution in [0.25, 0.3) is 0 Å². The quantitative estimate of drug-likeness (QED) is 0.494. The number of hydrogen-bond acceptors (Lipinski definition) is 2. The van der Waals surface area contributed by atoms with E-state index in [0.29, 0.717) is 33.9 Å². The highest BCUT2D eigenvalue weighted by atomic mass is 16.5. The summed E-state index contributed by atoms with van der Waals surface area (Å²) in [6.07, 6.45) is 8.97. The van der Waals surface area contributed by atoms with Crippen LogP contribution in [0.4, 0.5) is 0 Å². The van der Waals surface area contributed by atoms with Gasteiger partial charge < -0.3 is 14.0 Å². The minimum Gasteiger partial charge on any atom is -0.372 e. The molecule has 4 fully saturated rings. The molecule has 0 N–H and O–H groups in total. The molecule has 0 aromatic carbocycles. The number of quaternary nitrogens is 1. The summed E-state index contributed by atoms with van der Waals surface area (Å²) in [6.45, 7) is 18.8. The van der Waals surface area contributed by atoms with Crippen molar-refractivity contribution in [3.05, 3.63) is 0 Å². The molecule has 6 atom stereocenters. The Hall–Kier alpha value is -0.120. The lowest BCUT2D eigenvalue weighted by Gasteiger charge is -2.40. The van der Waals surface area contributed by atoms with Crippen LogP contribution in [0.3, 0.4) is 0 Å². The second-order valence-electron chi connectivity index (χ2n) is 13.3. The summed E-state index contributed by atoms with van der Waals surface area (Å²) in [4.78, 5) is 0. The van der Waals surface area contributed by atoms with E-state index in [9.17, 15) is 0 Å². The standard InChI is InChI=1S/C26H48NO2/c1-23(2)19-9-11-25(23,5)21(17-19)28-15-13-27(7,8)14-16-29-22-18-20-10-12-26(22,6)24(20,3)4/h19-22H,9-18H2,1-8H3/q+1/t19-,20-,21+,22+,25-,26+/m0/s1. The van der Waals surface area contributed by atoms with Gasteiger partial charge in [0.25, 0.3) is 0 Å². The zero-order chi connectivity index (χ0) is 21.3. The Balaban J connectivity index is 1.21. The predicted octanol–water partition coefficient (Wildman–Crippen LogP) is 5.53. The van der Waals surface area contributed by atoms with E-state index in [-0.39, 0.29) is 0 Å². The van der Waals surface area contributed by atoms with Gasteiger partial charge in [-0.25, -0.2) is 0 Å². The Morgan fingerprint density at radius 3 is 1.34 bits per heavy atom. The summed E-state index contributed by atoms with van der Waals surface area (Å²) in [5.74, 6) is 1.72. The summed E-state index contributed by atoms with van der Waals surface area (Å²) < 4.78 is 14.0. The van der Waals surface area contributed by atoms with E-state index >= 15 is 0 Å². The molecule has 3 nitrogen and oxygen atoms in total. The zero-order valence-electron chi connectivity index (χ0n) is 20.6. The van der Waals surface area contributed by atoms with Crippen molar-refractivity contribution in [3.63, 3.8) is 0 Å². The first-order valence-corrected chi connectivity index (χ1v) is 12.4. The van der Waals surface area contributed by atoms with Gasteiger partial charge in [-0.05, 0) is 72.0 Å². The lowest BCUT2D eigenvalue weighted by Crippen LogP contribution is -2.47. The molecular formula is C26H48NO2+. The highest BCUT2D eigenvalue weighted by molar-refractivity contribution is 5.12. The Bertz CT molecular complexity index is 574. The summed E-state index contributed by atoms with van der Waals surface area (Å²) in [6, 6.07) is 0. The zero-order valence-corrected chi connectivity index (χ0v) is 20.6. The maximum absolute atomic E-state index is 6.52. The molecule has 0 saturated heterocycles. The number of fused-ring (bicyclic) bond motifs is 4. The van der Waals surface area contributed by atoms with Crippen LogP contribution in [-0.4, -0.2) is 57.1 Å². The Labute approximate surface area is 180 Å². The molecule has 4 aliphatic rings. The minimum absolute atomic E-state index is 0.377. The van der Waals surface area contributed by atoms with Gasteiger partial charge in [-0.2, -0.15) is 0 Å². The lowest BCUT2D eigenvalue weighted by atomic mass is 9.70. The summed E-state index contributed by atoms with van der Waals surface area (Å²) in [5.41, 5.74) is 1.64. The SMILES string of the molecule is CC1(C)[C@H]2CC[C@@]1(C)[C@H](OCC[N+](C)(C)CCO[C@@H]1C[C@@H]3CC[C@@]1(C)C3(C)C)C2. The molecule has 4 rings (SSSR count). The maximum Gasteiger partial charge on any atom is 0.102 e. The van der Waals surface area contributed by atoms with Crippen molar-refractivity contribution in [1.82, 2.24) is 0 Å². The third kappa shape index (κ3) is 3.24. The Morgan fingerprint density at radius 1 is 0.690 bits per heavy atom. The normalized spacial score (nSPS) is 44.7. The fraction of sp³-hybridized carbons (Fsp3) is 1.00. The molecule has 4 bridgehead atoms. The first-order chi connectivity index (χ1) is 13.3. The third-order valence-corrected chi connectivity index (χ3v) is 11.5. The molecule has 0 aliphatic heterocycles. The van der Waals surface area contributed by atoms with Gasteiger partial charge >= 0.3 is 0 Å². The highest BCUT2D eigenvalue weighted by Gasteiger charge is 2.62. The van der Waals surface area contributed by atoms with Crippen LogP contribution in [-0.2, 0) is 9.47 Å². The molecule has 168 valence electrons. The second kappa shape index (κ2) is 6.94. The third-order valence-electron chi connectivity index (χ3n) is 11.5. The van der Waals surface area contributed by atoms with Crippen molar-refractivity contribution in [1.29, 1.82) is 0 Å². The second-order valence-corrected chi connectivity index (χ2v) is 13.3. The van der Waals surface area contributed by atoms with E-state index in [4.69, 9.17) is 9.47 Å². The van der Waals surface area contributed by atoms with Gasteiger partial charge in [0.05, 0.1) is 39.5 Å². The molecule has 0 spiro atoms. The van der Waals surface area contributed by atoms with Crippen molar-refractivity contribution in [2.45, 2.75) is 92.3 Å². The van der Waals surface area contributed by atoms with Crippen LogP contribution in [0.1, 0.15) is 80.1 Å². The van der Waals surface area contributed by atoms with Crippen molar-refractivity contribution in [2.75, 3.05) is 40.4 Å². The Morgan fingerprint density at radius 2 is 1.07 bits per heavy atom. The van der Waals surface area contributed by atoms with E-state index in [1.54, 1.807) is 0 Å². The van der Waals surface area contributed by atoms with Crippen LogP contribution < -0.4 is 0 Å². The first kappa shape index (κ1) is 22.1. The molecule has 3 heteroatoms. The number of ether oxygens (including phenoxy) is 2. The van der Waals surface area contributed by atoms with Gasteiger partial charge in [0.15, 0.2) is 0 Å². The largest absolute Gasteiger partial charge is 0.372 e. The first-order valence-electron chi connectivity index (χ1n) is 12.4. The molecule has 4 saturated carbocycles. The highest BCUT2D eigenvalue weighted by Crippen LogP contribution is 2.67. The van der Waals surface area contributed by atoms with Gasteiger partial charge in [0.1, 0.15) is 13.1 Å². The average molecular weight is 407 g/mol. The topological polar surface area (TPSA) is 18.5 Å². The van der Waals surface area contributed by atoms with Crippen LogP contribution in [0.5, 0.6) is 0 Å². The molecule has 0 aromatic heterocycles. The molecule has 29 heavy (non-hydrogen) atoms. The molecule has 4 aliphatic carbocycles. The van der Waals surface area contributed by atoms with Gasteiger partial charge in [0, 0.05) is 0 Å². The van der Waals surface area contributed by atoms with Crippen LogP contribution in [0.15, 0.2) is 0 Å². The number of rotatable bonds is 8. The van der Waals surface area contributed by atoms with Gasteiger partial charge in [-0.1, -0.05) is 41.5 Å². The summed E-state index contributed by atoms with van der Waals surface area (Å²) in [5, 5.41) is 0. The molecule has 0 amide bonds. The van der Waals surface area contributed by atoms with Crippen LogP contribution in [0.2, 0.25) is 0 Å². The number of hydrogen-bond donors (Lipinski definition) is 0. The van der Waals surface area contributed by atoms with Crippen LogP contribution in [0, 0.1) is 33.5 Å². The summed E-state index contributed by atoms with van der Waals surface area (Å²) >= 11 is 0. The van der Waals surface area contributed by atoms with Crippen molar-refractivity contribution in [2.24, 2.45) is 33.5 Å². The molecule has 0 unspecified atom stereocenters. The van der Waals surface area contributed by atoms with Gasteiger partial charge in [0.2, 0.25) is 0 Å². The maximum atomic E-state index is 6.52. The average Bonchev–Trinajstić information content (AvgIpc) is 3.13. The van der Waals surface area contributed by atoms with E-state index in [1.165, 1.54) is 38.5 Å². The van der Waals surface area contributed by atoms with E-state index < -0.39 is 0 Å². The van der Waals surface area contributed by atoms with Gasteiger partial charge in [-0.15, -0.1) is 0 Å². The van der Waals surface area contributed by atoms with Crippen molar-refractivity contribution in [3.8, 4) is 0 Å². The van der Waals surface area contributed by atoms with E-state index in [0.717, 1.165) is 42.6 Å². The monoisotopic (exact) mass is 406 g/mol. The fourth-order valence-corrected chi connectivity index (χ4v) is 7.76. The van der Waals surface area contributed by atoms with Crippen molar-refractivity contribution < 1.29 is 14.0 Å². The fourth-order valence-electron chi connectivity index (χ4n) is 7.76. The number of likely N-dealkylation sites (N-methyl/N-ethyl adjacent to an activating group) is 1. The predicted molar refractivity (Wildman–Crippen MR) is 120 cm³/mol. The Kier molecular flexibility index (Phi) is 5.28. The van der Waals surface area contributed by atoms with E-state index in [1.807, 2.05) is 0 Å². The number of nitrogens with zero attached hydrogens (tertiary/aromatic N) is 1. The van der Waals surface area contributed by atoms with E-state index in [2.05, 4.69) is 55.6 Å². The van der Waals surface area contributed by atoms with Crippen LogP contribution >= 0.6 is 0 Å².